The van der Waals surface area contributed by atoms with Crippen molar-refractivity contribution in [2.75, 3.05) is 18.4 Å². The average Bonchev–Trinajstić information content (AvgIpc) is 2.82. The zero-order valence-electron chi connectivity index (χ0n) is 15.5. The highest BCUT2D eigenvalue weighted by molar-refractivity contribution is 7.90. The molecule has 0 saturated carbocycles. The summed E-state index contributed by atoms with van der Waals surface area (Å²) >= 11 is 0. The van der Waals surface area contributed by atoms with Crippen LogP contribution in [0.2, 0.25) is 0 Å². The zero-order valence-corrected chi connectivity index (χ0v) is 16.3. The van der Waals surface area contributed by atoms with Gasteiger partial charge in [-0.15, -0.1) is 4.40 Å². The van der Waals surface area contributed by atoms with Gasteiger partial charge in [-0.2, -0.15) is 8.42 Å². The van der Waals surface area contributed by atoms with Gasteiger partial charge in [-0.1, -0.05) is 38.8 Å². The van der Waals surface area contributed by atoms with Crippen molar-refractivity contribution in [3.05, 3.63) is 24.3 Å². The summed E-state index contributed by atoms with van der Waals surface area (Å²) in [5.41, 5.74) is 0.170. The number of para-hydroxylation sites is 1. The third-order valence-corrected chi connectivity index (χ3v) is 6.28. The van der Waals surface area contributed by atoms with E-state index in [0.717, 1.165) is 25.9 Å². The fourth-order valence-corrected chi connectivity index (χ4v) is 4.75. The van der Waals surface area contributed by atoms with Crippen molar-refractivity contribution in [1.82, 2.24) is 4.90 Å². The molecule has 0 aliphatic carbocycles. The highest BCUT2D eigenvalue weighted by Gasteiger charge is 2.31. The molecule has 1 aromatic rings. The van der Waals surface area contributed by atoms with E-state index in [9.17, 15) is 13.2 Å². The first-order valence-corrected chi connectivity index (χ1v) is 10.7. The number of anilines is 1. The molecule has 0 aromatic heterocycles. The number of rotatable bonds is 4. The molecule has 2 heterocycles. The summed E-state index contributed by atoms with van der Waals surface area (Å²) in [6.45, 7) is 5.63. The van der Waals surface area contributed by atoms with Gasteiger partial charge in [0.2, 0.25) is 5.91 Å². The van der Waals surface area contributed by atoms with E-state index in [1.807, 2.05) is 18.7 Å². The molecular formula is C19H27N3O3S. The van der Waals surface area contributed by atoms with Crippen LogP contribution in [0.3, 0.4) is 0 Å². The maximum Gasteiger partial charge on any atom is 0.286 e. The minimum atomic E-state index is -3.69. The van der Waals surface area contributed by atoms with Crippen molar-refractivity contribution in [2.45, 2.75) is 57.3 Å². The van der Waals surface area contributed by atoms with Crippen molar-refractivity contribution >= 4 is 27.5 Å². The average molecular weight is 378 g/mol. The van der Waals surface area contributed by atoms with Gasteiger partial charge >= 0.3 is 0 Å². The van der Waals surface area contributed by atoms with Crippen LogP contribution in [-0.2, 0) is 14.8 Å². The normalized spacial score (nSPS) is 19.8. The maximum atomic E-state index is 12.7. The maximum absolute atomic E-state index is 12.7. The van der Waals surface area contributed by atoms with Crippen molar-refractivity contribution in [2.24, 2.45) is 9.81 Å². The van der Waals surface area contributed by atoms with E-state index in [-0.39, 0.29) is 16.2 Å². The van der Waals surface area contributed by atoms with Crippen LogP contribution in [-0.4, -0.2) is 38.2 Å². The van der Waals surface area contributed by atoms with Crippen LogP contribution < -0.4 is 5.32 Å². The number of hydrogen-bond donors (Lipinski definition) is 1. The molecule has 3 rings (SSSR count). The van der Waals surface area contributed by atoms with Gasteiger partial charge in [0.05, 0.1) is 5.69 Å². The quantitative estimate of drug-likeness (QED) is 0.872. The van der Waals surface area contributed by atoms with E-state index in [1.54, 1.807) is 24.3 Å². The van der Waals surface area contributed by atoms with Gasteiger partial charge in [-0.3, -0.25) is 4.79 Å². The van der Waals surface area contributed by atoms with E-state index < -0.39 is 10.0 Å². The Balaban J connectivity index is 1.69. The molecule has 1 aromatic carbocycles. The number of sulfonamides is 1. The number of fused-ring (bicyclic) bond motifs is 1. The van der Waals surface area contributed by atoms with Gasteiger partial charge in [0.25, 0.3) is 10.0 Å². The highest BCUT2D eigenvalue weighted by atomic mass is 32.2. The predicted octanol–water partition coefficient (Wildman–Crippen LogP) is 3.41. The molecule has 2 aliphatic heterocycles. The molecule has 0 bridgehead atoms. The first-order chi connectivity index (χ1) is 12.3. The van der Waals surface area contributed by atoms with E-state index >= 15 is 0 Å². The van der Waals surface area contributed by atoms with E-state index in [1.165, 1.54) is 12.8 Å². The summed E-state index contributed by atoms with van der Waals surface area (Å²) in [6.07, 6.45) is 5.29. The lowest BCUT2D eigenvalue weighted by atomic mass is 9.84. The second kappa shape index (κ2) is 7.39. The van der Waals surface area contributed by atoms with Gasteiger partial charge in [0, 0.05) is 25.9 Å². The molecular weight excluding hydrogens is 350 g/mol. The number of nitrogens with one attached hydrogen (secondary N) is 1. The topological polar surface area (TPSA) is 78.8 Å². The van der Waals surface area contributed by atoms with Gasteiger partial charge in [-0.05, 0) is 30.4 Å². The molecule has 1 saturated heterocycles. The minimum Gasteiger partial charge on any atom is -0.343 e. The molecule has 1 N–H and O–H groups in total. The first-order valence-electron chi connectivity index (χ1n) is 9.25. The third kappa shape index (κ3) is 4.44. The van der Waals surface area contributed by atoms with Gasteiger partial charge in [0.15, 0.2) is 0 Å². The predicted molar refractivity (Wildman–Crippen MR) is 103 cm³/mol. The van der Waals surface area contributed by atoms with Crippen molar-refractivity contribution in [3.8, 4) is 0 Å². The summed E-state index contributed by atoms with van der Waals surface area (Å²) in [7, 11) is -3.69. The van der Waals surface area contributed by atoms with E-state index in [4.69, 9.17) is 0 Å². The second-order valence-electron chi connectivity index (χ2n) is 7.95. The number of carbonyl (C=O) groups excluding carboxylic acids is 1. The number of amidine groups is 1. The number of hydrogen-bond acceptors (Lipinski definition) is 4. The summed E-state index contributed by atoms with van der Waals surface area (Å²) in [6, 6.07) is 6.75. The van der Waals surface area contributed by atoms with Gasteiger partial charge in [0.1, 0.15) is 10.7 Å². The number of amides is 1. The summed E-state index contributed by atoms with van der Waals surface area (Å²) < 4.78 is 28.7. The van der Waals surface area contributed by atoms with Crippen molar-refractivity contribution in [1.29, 1.82) is 0 Å². The molecule has 7 heteroatoms. The zero-order chi connectivity index (χ0) is 18.8. The van der Waals surface area contributed by atoms with Crippen molar-refractivity contribution < 1.29 is 13.2 Å². The van der Waals surface area contributed by atoms with Crippen LogP contribution in [0.4, 0.5) is 5.69 Å². The van der Waals surface area contributed by atoms with Crippen LogP contribution in [0, 0.1) is 5.41 Å². The number of benzene rings is 1. The lowest BCUT2D eigenvalue weighted by Crippen LogP contribution is -2.36. The fourth-order valence-electron chi connectivity index (χ4n) is 3.60. The third-order valence-electron chi connectivity index (χ3n) is 4.91. The molecule has 0 atom stereocenters. The Kier molecular flexibility index (Phi) is 5.37. The molecule has 0 radical (unpaired) electrons. The molecule has 6 nitrogen and oxygen atoms in total. The smallest absolute Gasteiger partial charge is 0.286 e. The van der Waals surface area contributed by atoms with Crippen LogP contribution >= 0.6 is 0 Å². The summed E-state index contributed by atoms with van der Waals surface area (Å²) in [5.74, 6) is 0.550. The van der Waals surface area contributed by atoms with Gasteiger partial charge in [-0.25, -0.2) is 0 Å². The largest absolute Gasteiger partial charge is 0.343 e. The monoisotopic (exact) mass is 377 g/mol. The molecule has 1 amide bonds. The first kappa shape index (κ1) is 18.9. The Morgan fingerprint density at radius 2 is 1.81 bits per heavy atom. The molecule has 1 fully saturated rings. The number of likely N-dealkylation sites (tertiary alicyclic amines) is 1. The Morgan fingerprint density at radius 1 is 1.15 bits per heavy atom. The van der Waals surface area contributed by atoms with Crippen LogP contribution in [0.1, 0.15) is 52.4 Å². The summed E-state index contributed by atoms with van der Waals surface area (Å²) in [4.78, 5) is 14.8. The molecule has 2 aliphatic rings. The lowest BCUT2D eigenvalue weighted by Gasteiger charge is -2.30. The van der Waals surface area contributed by atoms with Gasteiger partial charge < -0.3 is 10.2 Å². The standard InChI is InChI=1S/C19H27N3O3S/c1-19(2,14-18(23)22-11-7-3-4-8-12-22)13-17-20-15-9-5-6-10-16(15)26(24,25)21-17/h5-6,9-10H,3-4,7-8,11-14H2,1-2H3,(H,20,21). The Labute approximate surface area is 155 Å². The van der Waals surface area contributed by atoms with E-state index in [0.29, 0.717) is 24.4 Å². The molecule has 0 unspecified atom stereocenters. The highest BCUT2D eigenvalue weighted by Crippen LogP contribution is 2.32. The Morgan fingerprint density at radius 3 is 2.50 bits per heavy atom. The summed E-state index contributed by atoms with van der Waals surface area (Å²) in [5, 5.41) is 3.12. The molecule has 26 heavy (non-hydrogen) atoms. The number of carbonyl (C=O) groups is 1. The van der Waals surface area contributed by atoms with Crippen molar-refractivity contribution in [3.63, 3.8) is 0 Å². The Bertz CT molecular complexity index is 807. The van der Waals surface area contributed by atoms with Crippen LogP contribution in [0.15, 0.2) is 33.6 Å². The second-order valence-corrected chi connectivity index (χ2v) is 9.52. The minimum absolute atomic E-state index is 0.150. The van der Waals surface area contributed by atoms with Crippen LogP contribution in [0.5, 0.6) is 0 Å². The SMILES string of the molecule is CC(C)(CC(=O)N1CCCCCC1)CC1=NS(=O)(=O)c2ccccc2N1. The molecule has 142 valence electrons. The lowest BCUT2D eigenvalue weighted by molar-refractivity contribution is -0.133. The molecule has 0 spiro atoms. The van der Waals surface area contributed by atoms with Crippen LogP contribution in [0.25, 0.3) is 0 Å². The number of nitrogens with zero attached hydrogens (tertiary/aromatic N) is 2. The fraction of sp³-hybridized carbons (Fsp3) is 0.579. The van der Waals surface area contributed by atoms with E-state index in [2.05, 4.69) is 9.71 Å². The Hall–Kier alpha value is -1.89.